The number of rotatable bonds is 4. The summed E-state index contributed by atoms with van der Waals surface area (Å²) in [5.74, 6) is 0.0595. The summed E-state index contributed by atoms with van der Waals surface area (Å²) in [6.45, 7) is 2.39. The molecule has 1 aliphatic rings. The van der Waals surface area contributed by atoms with Gasteiger partial charge in [-0.25, -0.2) is 0 Å². The van der Waals surface area contributed by atoms with Crippen LogP contribution in [0.5, 0.6) is 0 Å². The van der Waals surface area contributed by atoms with E-state index in [9.17, 15) is 4.79 Å². The van der Waals surface area contributed by atoms with Gasteiger partial charge in [0.1, 0.15) is 0 Å². The Labute approximate surface area is 150 Å². The maximum Gasteiger partial charge on any atom is 0.242 e. The summed E-state index contributed by atoms with van der Waals surface area (Å²) in [5, 5.41) is 9.52. The average Bonchev–Trinajstić information content (AvgIpc) is 2.85. The lowest BCUT2D eigenvalue weighted by atomic mass is 10.2. The van der Waals surface area contributed by atoms with Crippen molar-refractivity contribution in [1.29, 1.82) is 0 Å². The topological polar surface area (TPSA) is 45.0 Å². The van der Waals surface area contributed by atoms with Crippen molar-refractivity contribution in [2.24, 2.45) is 10.2 Å². The van der Waals surface area contributed by atoms with Crippen molar-refractivity contribution >= 4 is 40.7 Å². The van der Waals surface area contributed by atoms with E-state index in [0.29, 0.717) is 16.7 Å². The molecule has 0 aromatic heterocycles. The minimum absolute atomic E-state index is 0.0595. The largest absolute Gasteiger partial charge is 0.284 e. The van der Waals surface area contributed by atoms with Crippen LogP contribution in [0.2, 0.25) is 5.02 Å². The monoisotopic (exact) mass is 357 g/mol. The number of amidine groups is 1. The van der Waals surface area contributed by atoms with Crippen LogP contribution in [0.15, 0.2) is 64.8 Å². The molecule has 4 nitrogen and oxygen atoms in total. The summed E-state index contributed by atoms with van der Waals surface area (Å²) in [5.41, 5.74) is 1.97. The molecule has 3 rings (SSSR count). The van der Waals surface area contributed by atoms with Gasteiger partial charge in [-0.15, -0.1) is 5.10 Å². The first-order chi connectivity index (χ1) is 11.6. The Kier molecular flexibility index (Phi) is 5.33. The number of nitrogens with zero attached hydrogens (tertiary/aromatic N) is 3. The zero-order valence-corrected chi connectivity index (χ0v) is 14.7. The number of halogens is 1. The molecule has 122 valence electrons. The predicted octanol–water partition coefficient (Wildman–Crippen LogP) is 4.19. The lowest BCUT2D eigenvalue weighted by molar-refractivity contribution is -0.126. The van der Waals surface area contributed by atoms with Gasteiger partial charge in [0.25, 0.3) is 0 Å². The standard InChI is InChI=1S/C18H16ClN3OS/c1-13-17(23)22(12-15-5-3-2-4-6-15)18(24-13)21-20-11-14-7-9-16(19)10-8-14/h2-11,13H,12H2,1H3/b20-11-,21-18-/t13-/m1/s1. The molecule has 6 heteroatoms. The van der Waals surface area contributed by atoms with Crippen molar-refractivity contribution in [2.45, 2.75) is 18.7 Å². The van der Waals surface area contributed by atoms with Gasteiger partial charge in [-0.05, 0) is 30.2 Å². The highest BCUT2D eigenvalue weighted by atomic mass is 35.5. The second-order valence-corrected chi connectivity index (χ2v) is 7.09. The van der Waals surface area contributed by atoms with E-state index in [1.54, 1.807) is 23.2 Å². The third kappa shape index (κ3) is 4.04. The summed E-state index contributed by atoms with van der Waals surface area (Å²) in [7, 11) is 0. The Morgan fingerprint density at radius 2 is 1.88 bits per heavy atom. The average molecular weight is 358 g/mol. The molecule has 0 N–H and O–H groups in total. The molecule has 1 atom stereocenters. The van der Waals surface area contributed by atoms with Crippen LogP contribution < -0.4 is 0 Å². The van der Waals surface area contributed by atoms with Crippen LogP contribution in [-0.2, 0) is 11.3 Å². The van der Waals surface area contributed by atoms with Crippen molar-refractivity contribution in [3.8, 4) is 0 Å². The van der Waals surface area contributed by atoms with Gasteiger partial charge in [-0.1, -0.05) is 65.8 Å². The quantitative estimate of drug-likeness (QED) is 0.608. The maximum absolute atomic E-state index is 12.3. The van der Waals surface area contributed by atoms with E-state index in [-0.39, 0.29) is 11.2 Å². The fourth-order valence-corrected chi connectivity index (χ4v) is 3.32. The van der Waals surface area contributed by atoms with Gasteiger partial charge in [0.15, 0.2) is 5.17 Å². The molecule has 1 heterocycles. The van der Waals surface area contributed by atoms with E-state index in [2.05, 4.69) is 10.2 Å². The normalized spacial score (nSPS) is 19.6. The molecule has 0 radical (unpaired) electrons. The second-order valence-electron chi connectivity index (χ2n) is 5.35. The first kappa shape index (κ1) is 16.7. The highest BCUT2D eigenvalue weighted by molar-refractivity contribution is 8.15. The smallest absolute Gasteiger partial charge is 0.242 e. The van der Waals surface area contributed by atoms with Crippen LogP contribution in [0.25, 0.3) is 0 Å². The van der Waals surface area contributed by atoms with Gasteiger partial charge < -0.3 is 0 Å². The molecule has 0 bridgehead atoms. The van der Waals surface area contributed by atoms with Crippen LogP contribution >= 0.6 is 23.4 Å². The first-order valence-electron chi connectivity index (χ1n) is 7.52. The van der Waals surface area contributed by atoms with Gasteiger partial charge in [0, 0.05) is 5.02 Å². The summed E-state index contributed by atoms with van der Waals surface area (Å²) >= 11 is 7.29. The molecule has 1 fully saturated rings. The van der Waals surface area contributed by atoms with Gasteiger partial charge in [-0.3, -0.25) is 9.69 Å². The number of benzene rings is 2. The number of hydrogen-bond acceptors (Lipinski definition) is 4. The molecule has 1 saturated heterocycles. The van der Waals surface area contributed by atoms with E-state index in [1.165, 1.54) is 11.8 Å². The highest BCUT2D eigenvalue weighted by Gasteiger charge is 2.35. The van der Waals surface area contributed by atoms with E-state index in [4.69, 9.17) is 11.6 Å². The molecule has 0 saturated carbocycles. The third-order valence-electron chi connectivity index (χ3n) is 3.53. The van der Waals surface area contributed by atoms with E-state index >= 15 is 0 Å². The summed E-state index contributed by atoms with van der Waals surface area (Å²) in [6, 6.07) is 17.2. The van der Waals surface area contributed by atoms with Crippen LogP contribution in [-0.4, -0.2) is 27.4 Å². The summed E-state index contributed by atoms with van der Waals surface area (Å²) < 4.78 is 0. The Morgan fingerprint density at radius 1 is 1.17 bits per heavy atom. The lowest BCUT2D eigenvalue weighted by Crippen LogP contribution is -2.30. The Hall–Kier alpha value is -2.11. The van der Waals surface area contributed by atoms with Crippen LogP contribution in [0, 0.1) is 0 Å². The molecule has 0 aliphatic carbocycles. The van der Waals surface area contributed by atoms with Crippen molar-refractivity contribution in [3.63, 3.8) is 0 Å². The fraction of sp³-hybridized carbons (Fsp3) is 0.167. The van der Waals surface area contributed by atoms with Crippen LogP contribution in [0.1, 0.15) is 18.1 Å². The molecule has 1 amide bonds. The number of carbonyl (C=O) groups is 1. The van der Waals surface area contributed by atoms with Gasteiger partial charge in [0.2, 0.25) is 5.91 Å². The Bertz CT molecular complexity index is 775. The van der Waals surface area contributed by atoms with Crippen molar-refractivity contribution in [3.05, 3.63) is 70.7 Å². The molecular weight excluding hydrogens is 342 g/mol. The summed E-state index contributed by atoms with van der Waals surface area (Å²) in [4.78, 5) is 14.0. The number of thioether (sulfide) groups is 1. The minimum Gasteiger partial charge on any atom is -0.284 e. The van der Waals surface area contributed by atoms with Crippen LogP contribution in [0.3, 0.4) is 0 Å². The highest BCUT2D eigenvalue weighted by Crippen LogP contribution is 2.28. The molecular formula is C18H16ClN3OS. The van der Waals surface area contributed by atoms with Gasteiger partial charge in [0.05, 0.1) is 18.0 Å². The molecule has 2 aromatic carbocycles. The predicted molar refractivity (Wildman–Crippen MR) is 101 cm³/mol. The van der Waals surface area contributed by atoms with Crippen molar-refractivity contribution < 1.29 is 4.79 Å². The van der Waals surface area contributed by atoms with Crippen LogP contribution in [0.4, 0.5) is 0 Å². The number of amides is 1. The Morgan fingerprint density at radius 3 is 2.58 bits per heavy atom. The zero-order chi connectivity index (χ0) is 16.9. The Balaban J connectivity index is 1.76. The van der Waals surface area contributed by atoms with E-state index < -0.39 is 0 Å². The van der Waals surface area contributed by atoms with Gasteiger partial charge >= 0.3 is 0 Å². The lowest BCUT2D eigenvalue weighted by Gasteiger charge is -2.15. The zero-order valence-electron chi connectivity index (χ0n) is 13.1. The fourth-order valence-electron chi connectivity index (χ4n) is 2.27. The number of carbonyl (C=O) groups excluding carboxylic acids is 1. The summed E-state index contributed by atoms with van der Waals surface area (Å²) in [6.07, 6.45) is 1.65. The number of hydrogen-bond donors (Lipinski definition) is 0. The molecule has 2 aromatic rings. The maximum atomic E-state index is 12.3. The van der Waals surface area contributed by atoms with E-state index in [0.717, 1.165) is 11.1 Å². The SMILES string of the molecule is C[C@H]1S/C(=N\N=C/c2ccc(Cl)cc2)N(Cc2ccccc2)C1=O. The van der Waals surface area contributed by atoms with Crippen molar-refractivity contribution in [2.75, 3.05) is 0 Å². The van der Waals surface area contributed by atoms with Crippen molar-refractivity contribution in [1.82, 2.24) is 4.90 Å². The molecule has 0 spiro atoms. The third-order valence-corrected chi connectivity index (χ3v) is 4.85. The first-order valence-corrected chi connectivity index (χ1v) is 8.78. The molecule has 24 heavy (non-hydrogen) atoms. The molecule has 0 unspecified atom stereocenters. The van der Waals surface area contributed by atoms with Gasteiger partial charge in [-0.2, -0.15) is 5.10 Å². The second kappa shape index (κ2) is 7.64. The molecule has 1 aliphatic heterocycles. The van der Waals surface area contributed by atoms with E-state index in [1.807, 2.05) is 49.4 Å². The minimum atomic E-state index is -0.141.